The molecule has 2 aliphatic rings. The van der Waals surface area contributed by atoms with Crippen LogP contribution < -0.4 is 15.2 Å². The molecular weight excluding hydrogens is 214 g/mol. The van der Waals surface area contributed by atoms with Crippen molar-refractivity contribution in [3.8, 4) is 11.5 Å². The zero-order valence-electron chi connectivity index (χ0n) is 9.82. The second-order valence-corrected chi connectivity index (χ2v) is 4.92. The van der Waals surface area contributed by atoms with Crippen LogP contribution in [-0.4, -0.2) is 19.8 Å². The fourth-order valence-electron chi connectivity index (χ4n) is 2.03. The second-order valence-electron chi connectivity index (χ2n) is 4.92. The molecule has 0 atom stereocenters. The van der Waals surface area contributed by atoms with Crippen LogP contribution in [0.4, 0.5) is 0 Å². The molecule has 1 aliphatic heterocycles. The number of fused-ring (bicyclic) bond motifs is 1. The molecular formula is C14H17NO2. The topological polar surface area (TPSA) is 44.5 Å². The first-order valence-electron chi connectivity index (χ1n) is 6.08. The third-order valence-electron chi connectivity index (χ3n) is 3.44. The van der Waals surface area contributed by atoms with Gasteiger partial charge in [-0.3, -0.25) is 0 Å². The third-order valence-corrected chi connectivity index (χ3v) is 3.44. The predicted molar refractivity (Wildman–Crippen MR) is 67.2 cm³/mol. The van der Waals surface area contributed by atoms with E-state index >= 15 is 0 Å². The molecule has 0 saturated heterocycles. The molecule has 2 N–H and O–H groups in total. The molecule has 1 aromatic carbocycles. The van der Waals surface area contributed by atoms with Crippen molar-refractivity contribution in [3.63, 3.8) is 0 Å². The van der Waals surface area contributed by atoms with Gasteiger partial charge < -0.3 is 15.2 Å². The van der Waals surface area contributed by atoms with Crippen LogP contribution in [0, 0.1) is 5.41 Å². The predicted octanol–water partition coefficient (Wildman–Crippen LogP) is 2.21. The maximum absolute atomic E-state index is 5.86. The highest BCUT2D eigenvalue weighted by atomic mass is 16.5. The van der Waals surface area contributed by atoms with Gasteiger partial charge in [-0.05, 0) is 30.5 Å². The Morgan fingerprint density at radius 1 is 1.18 bits per heavy atom. The van der Waals surface area contributed by atoms with E-state index in [4.69, 9.17) is 15.2 Å². The molecule has 1 heterocycles. The molecule has 0 aromatic heterocycles. The maximum Gasteiger partial charge on any atom is 0.161 e. The lowest BCUT2D eigenvalue weighted by atomic mass is 10.1. The van der Waals surface area contributed by atoms with E-state index in [-0.39, 0.29) is 0 Å². The van der Waals surface area contributed by atoms with Crippen LogP contribution in [0.3, 0.4) is 0 Å². The number of benzene rings is 1. The van der Waals surface area contributed by atoms with Gasteiger partial charge in [0.2, 0.25) is 0 Å². The van der Waals surface area contributed by atoms with Crippen LogP contribution in [0.25, 0.3) is 6.08 Å². The molecule has 3 heteroatoms. The van der Waals surface area contributed by atoms with Crippen molar-refractivity contribution < 1.29 is 9.47 Å². The highest BCUT2D eigenvalue weighted by molar-refractivity contribution is 5.56. The summed E-state index contributed by atoms with van der Waals surface area (Å²) in [6.07, 6.45) is 6.38. The summed E-state index contributed by atoms with van der Waals surface area (Å²) in [4.78, 5) is 0. The molecule has 3 rings (SSSR count). The van der Waals surface area contributed by atoms with E-state index < -0.39 is 0 Å². The van der Waals surface area contributed by atoms with E-state index in [1.807, 2.05) is 30.4 Å². The first-order valence-corrected chi connectivity index (χ1v) is 6.08. The zero-order chi connectivity index (χ0) is 11.7. The first-order chi connectivity index (χ1) is 8.31. The Morgan fingerprint density at radius 3 is 2.65 bits per heavy atom. The van der Waals surface area contributed by atoms with E-state index in [1.54, 1.807) is 0 Å². The van der Waals surface area contributed by atoms with Crippen LogP contribution in [0.2, 0.25) is 0 Å². The Morgan fingerprint density at radius 2 is 1.94 bits per heavy atom. The lowest BCUT2D eigenvalue weighted by Gasteiger charge is -2.08. The summed E-state index contributed by atoms with van der Waals surface area (Å²) in [7, 11) is 0. The Labute approximate surface area is 101 Å². The van der Waals surface area contributed by atoms with Crippen molar-refractivity contribution in [1.29, 1.82) is 0 Å². The van der Waals surface area contributed by atoms with Crippen molar-refractivity contribution in [1.82, 2.24) is 0 Å². The van der Waals surface area contributed by atoms with Gasteiger partial charge in [0.25, 0.3) is 0 Å². The van der Waals surface area contributed by atoms with E-state index in [2.05, 4.69) is 0 Å². The van der Waals surface area contributed by atoms with Crippen molar-refractivity contribution >= 4 is 6.08 Å². The van der Waals surface area contributed by atoms with Crippen LogP contribution >= 0.6 is 0 Å². The lowest BCUT2D eigenvalue weighted by Crippen LogP contribution is -2.17. The highest BCUT2D eigenvalue weighted by Gasteiger charge is 2.46. The molecule has 3 nitrogen and oxygen atoms in total. The Kier molecular flexibility index (Phi) is 2.56. The summed E-state index contributed by atoms with van der Waals surface area (Å²) in [6, 6.07) is 6.02. The van der Waals surface area contributed by atoms with Crippen molar-refractivity contribution in [3.05, 3.63) is 29.8 Å². The minimum absolute atomic E-state index is 0.298. The quantitative estimate of drug-likeness (QED) is 0.848. The van der Waals surface area contributed by atoms with Crippen molar-refractivity contribution in [2.45, 2.75) is 12.8 Å². The number of nitrogens with two attached hydrogens (primary N) is 1. The molecule has 0 bridgehead atoms. The highest BCUT2D eigenvalue weighted by Crippen LogP contribution is 2.49. The summed E-state index contributed by atoms with van der Waals surface area (Å²) in [5, 5.41) is 0. The van der Waals surface area contributed by atoms with Gasteiger partial charge >= 0.3 is 0 Å². The number of hydrogen-bond donors (Lipinski definition) is 1. The molecule has 17 heavy (non-hydrogen) atoms. The first kappa shape index (κ1) is 10.7. The molecule has 0 amide bonds. The standard InChI is InChI=1S/C14H17NO2/c15-7-1-2-11-3-4-12-13(8-11)17-10-14(5-6-14)9-16-12/h1-4,8H,5-7,9-10,15H2/b2-1+. The Hall–Kier alpha value is -1.48. The van der Waals surface area contributed by atoms with Gasteiger partial charge in [-0.25, -0.2) is 0 Å². The second kappa shape index (κ2) is 4.08. The Bertz CT molecular complexity index is 450. The average molecular weight is 231 g/mol. The molecule has 90 valence electrons. The Balaban J connectivity index is 1.83. The van der Waals surface area contributed by atoms with E-state index in [9.17, 15) is 0 Å². The number of hydrogen-bond acceptors (Lipinski definition) is 3. The van der Waals surface area contributed by atoms with Crippen LogP contribution in [-0.2, 0) is 0 Å². The summed E-state index contributed by atoms with van der Waals surface area (Å²) in [6.45, 7) is 2.12. The largest absolute Gasteiger partial charge is 0.489 e. The van der Waals surface area contributed by atoms with Crippen molar-refractivity contribution in [2.75, 3.05) is 19.8 Å². The van der Waals surface area contributed by atoms with Gasteiger partial charge in [0.1, 0.15) is 0 Å². The average Bonchev–Trinajstić information content (AvgIpc) is 3.15. The normalized spacial score (nSPS) is 20.5. The van der Waals surface area contributed by atoms with E-state index in [1.165, 1.54) is 12.8 Å². The zero-order valence-corrected chi connectivity index (χ0v) is 9.82. The van der Waals surface area contributed by atoms with Gasteiger partial charge in [-0.15, -0.1) is 0 Å². The molecule has 0 radical (unpaired) electrons. The maximum atomic E-state index is 5.86. The van der Waals surface area contributed by atoms with Gasteiger partial charge in [0.15, 0.2) is 11.5 Å². The van der Waals surface area contributed by atoms with Crippen molar-refractivity contribution in [2.24, 2.45) is 11.1 Å². The summed E-state index contributed by atoms with van der Waals surface area (Å²) < 4.78 is 11.7. The van der Waals surface area contributed by atoms with Gasteiger partial charge in [-0.2, -0.15) is 0 Å². The minimum atomic E-state index is 0.298. The SMILES string of the molecule is NC/C=C/c1ccc2c(c1)OCC1(CC1)CO2. The molecule has 1 aromatic rings. The van der Waals surface area contributed by atoms with Gasteiger partial charge in [-0.1, -0.05) is 18.2 Å². The third kappa shape index (κ3) is 2.15. The van der Waals surface area contributed by atoms with E-state index in [0.717, 1.165) is 30.3 Å². The van der Waals surface area contributed by atoms with Crippen LogP contribution in [0.15, 0.2) is 24.3 Å². The van der Waals surface area contributed by atoms with Gasteiger partial charge in [0.05, 0.1) is 13.2 Å². The fourth-order valence-corrected chi connectivity index (χ4v) is 2.03. The smallest absolute Gasteiger partial charge is 0.161 e. The minimum Gasteiger partial charge on any atom is -0.489 e. The van der Waals surface area contributed by atoms with E-state index in [0.29, 0.717) is 12.0 Å². The summed E-state index contributed by atoms with van der Waals surface area (Å²) in [5.41, 5.74) is 6.84. The summed E-state index contributed by atoms with van der Waals surface area (Å²) in [5.74, 6) is 1.71. The monoisotopic (exact) mass is 231 g/mol. The number of rotatable bonds is 2. The summed E-state index contributed by atoms with van der Waals surface area (Å²) >= 11 is 0. The molecule has 1 spiro atoms. The number of ether oxygens (including phenoxy) is 2. The molecule has 1 saturated carbocycles. The van der Waals surface area contributed by atoms with Crippen LogP contribution in [0.1, 0.15) is 18.4 Å². The molecule has 1 fully saturated rings. The van der Waals surface area contributed by atoms with Gasteiger partial charge in [0, 0.05) is 12.0 Å². The molecule has 0 unspecified atom stereocenters. The molecule has 1 aliphatic carbocycles. The fraction of sp³-hybridized carbons (Fsp3) is 0.429. The van der Waals surface area contributed by atoms with Crippen LogP contribution in [0.5, 0.6) is 11.5 Å². The lowest BCUT2D eigenvalue weighted by molar-refractivity contribution is 0.197.